The zero-order valence-electron chi connectivity index (χ0n) is 32.4. The summed E-state index contributed by atoms with van der Waals surface area (Å²) in [6, 6.07) is 0. The van der Waals surface area contributed by atoms with Gasteiger partial charge in [-0.1, -0.05) is 226 Å². The fraction of sp³-hybridized carbons (Fsp3) is 1.00. The Morgan fingerprint density at radius 3 is 0.511 bits per heavy atom. The Bertz CT molecular complexity index is 504. The zero-order valence-corrected chi connectivity index (χ0v) is 33.2. The SMILES string of the molecule is CCCCCCCCCCCCCCCCCCCCCC[N+](C)(C)CCCCCCCCCCCCCCCCCCC.[Cl-]. The van der Waals surface area contributed by atoms with Gasteiger partial charge in [-0.05, 0) is 25.7 Å². The summed E-state index contributed by atoms with van der Waals surface area (Å²) in [6.07, 6.45) is 54.4. The Kier molecular flexibility index (Phi) is 42.6. The molecule has 1 nitrogen and oxygen atoms in total. The summed E-state index contributed by atoms with van der Waals surface area (Å²) < 4.78 is 1.25. The highest BCUT2D eigenvalue weighted by molar-refractivity contribution is 4.53. The van der Waals surface area contributed by atoms with E-state index in [1.54, 1.807) is 0 Å². The first-order valence-corrected chi connectivity index (χ1v) is 21.4. The summed E-state index contributed by atoms with van der Waals surface area (Å²) in [6.45, 7) is 7.39. The molecule has 0 bridgehead atoms. The number of unbranched alkanes of at least 4 members (excludes halogenated alkanes) is 35. The van der Waals surface area contributed by atoms with E-state index in [2.05, 4.69) is 27.9 Å². The van der Waals surface area contributed by atoms with Gasteiger partial charge in [0, 0.05) is 0 Å². The van der Waals surface area contributed by atoms with Crippen molar-refractivity contribution in [3.63, 3.8) is 0 Å². The summed E-state index contributed by atoms with van der Waals surface area (Å²) in [4.78, 5) is 0. The Hall–Kier alpha value is 0.250. The van der Waals surface area contributed by atoms with Gasteiger partial charge in [0.15, 0.2) is 0 Å². The fourth-order valence-corrected chi connectivity index (χ4v) is 7.17. The van der Waals surface area contributed by atoms with Crippen LogP contribution in [0.15, 0.2) is 0 Å². The lowest BCUT2D eigenvalue weighted by molar-refractivity contribution is -0.890. The van der Waals surface area contributed by atoms with E-state index in [1.807, 2.05) is 0 Å². The van der Waals surface area contributed by atoms with Gasteiger partial charge < -0.3 is 16.9 Å². The number of quaternary nitrogens is 1. The van der Waals surface area contributed by atoms with Gasteiger partial charge in [-0.15, -0.1) is 0 Å². The van der Waals surface area contributed by atoms with Crippen LogP contribution in [0, 0.1) is 0 Å². The third-order valence-corrected chi connectivity index (χ3v) is 10.5. The molecule has 0 atom stereocenters. The first kappa shape index (κ1) is 47.4. The summed E-state index contributed by atoms with van der Waals surface area (Å²) in [7, 11) is 4.95. The summed E-state index contributed by atoms with van der Waals surface area (Å²) in [5.74, 6) is 0. The lowest BCUT2D eigenvalue weighted by atomic mass is 10.0. The minimum atomic E-state index is 0. The minimum absolute atomic E-state index is 0. The van der Waals surface area contributed by atoms with E-state index in [4.69, 9.17) is 0 Å². The van der Waals surface area contributed by atoms with E-state index in [0.29, 0.717) is 0 Å². The molecule has 0 aromatic heterocycles. The second-order valence-electron chi connectivity index (χ2n) is 15.8. The standard InChI is InChI=1S/C43H90N.ClH/c1-5-7-9-11-13-15-17-19-21-23-24-25-27-29-31-33-35-37-39-41-43-44(3,4)42-40-38-36-34-32-30-28-26-22-20-18-16-14-12-10-8-6-2;/h5-43H2,1-4H3;1H/q+1;/p-1. The van der Waals surface area contributed by atoms with Gasteiger partial charge in [0.05, 0.1) is 27.2 Å². The predicted molar refractivity (Wildman–Crippen MR) is 204 cm³/mol. The van der Waals surface area contributed by atoms with Crippen molar-refractivity contribution in [1.82, 2.24) is 0 Å². The van der Waals surface area contributed by atoms with Crippen molar-refractivity contribution in [1.29, 1.82) is 0 Å². The maximum atomic E-state index is 2.47. The molecule has 0 unspecified atom stereocenters. The van der Waals surface area contributed by atoms with Crippen molar-refractivity contribution in [2.45, 2.75) is 251 Å². The average Bonchev–Trinajstić information content (AvgIpc) is 3.01. The van der Waals surface area contributed by atoms with Crippen LogP contribution >= 0.6 is 0 Å². The van der Waals surface area contributed by atoms with Gasteiger partial charge in [-0.25, -0.2) is 0 Å². The molecule has 0 radical (unpaired) electrons. The van der Waals surface area contributed by atoms with Crippen LogP contribution in [0.2, 0.25) is 0 Å². The minimum Gasteiger partial charge on any atom is -1.00 e. The molecule has 0 aromatic rings. The molecular formula is C43H90ClN. The molecule has 0 aliphatic rings. The second kappa shape index (κ2) is 40.4. The van der Waals surface area contributed by atoms with E-state index in [0.717, 1.165) is 0 Å². The van der Waals surface area contributed by atoms with Crippen molar-refractivity contribution >= 4 is 0 Å². The maximum Gasteiger partial charge on any atom is 0.0782 e. The molecule has 274 valence electrons. The maximum absolute atomic E-state index is 2.47. The van der Waals surface area contributed by atoms with Gasteiger partial charge >= 0.3 is 0 Å². The summed E-state index contributed by atoms with van der Waals surface area (Å²) >= 11 is 0. The topological polar surface area (TPSA) is 0 Å². The Balaban J connectivity index is 0. The largest absolute Gasteiger partial charge is 1.00 e. The molecule has 0 N–H and O–H groups in total. The lowest BCUT2D eigenvalue weighted by Crippen LogP contribution is -3.00. The van der Waals surface area contributed by atoms with Crippen LogP contribution < -0.4 is 12.4 Å². The van der Waals surface area contributed by atoms with Crippen molar-refractivity contribution < 1.29 is 16.9 Å². The number of halogens is 1. The predicted octanol–water partition coefficient (Wildman–Crippen LogP) is 12.5. The van der Waals surface area contributed by atoms with Gasteiger partial charge in [0.1, 0.15) is 0 Å². The number of nitrogens with zero attached hydrogens (tertiary/aromatic N) is 1. The van der Waals surface area contributed by atoms with Crippen LogP contribution in [0.25, 0.3) is 0 Å². The van der Waals surface area contributed by atoms with Gasteiger partial charge in [0.2, 0.25) is 0 Å². The normalized spacial score (nSPS) is 11.7. The molecule has 0 heterocycles. The molecular weight excluding hydrogens is 566 g/mol. The van der Waals surface area contributed by atoms with E-state index >= 15 is 0 Å². The van der Waals surface area contributed by atoms with Crippen LogP contribution in [0.5, 0.6) is 0 Å². The molecule has 0 aliphatic carbocycles. The summed E-state index contributed by atoms with van der Waals surface area (Å²) in [5, 5.41) is 0. The number of hydrogen-bond acceptors (Lipinski definition) is 0. The van der Waals surface area contributed by atoms with Crippen molar-refractivity contribution in [3.8, 4) is 0 Å². The fourth-order valence-electron chi connectivity index (χ4n) is 7.17. The summed E-state index contributed by atoms with van der Waals surface area (Å²) in [5.41, 5.74) is 0. The second-order valence-corrected chi connectivity index (χ2v) is 15.8. The molecule has 0 amide bonds. The number of hydrogen-bond donors (Lipinski definition) is 0. The molecule has 45 heavy (non-hydrogen) atoms. The average molecular weight is 657 g/mol. The van der Waals surface area contributed by atoms with Crippen LogP contribution in [0.3, 0.4) is 0 Å². The van der Waals surface area contributed by atoms with Crippen LogP contribution in [0.1, 0.15) is 251 Å². The van der Waals surface area contributed by atoms with Gasteiger partial charge in [-0.3, -0.25) is 0 Å². The van der Waals surface area contributed by atoms with Crippen LogP contribution in [0.4, 0.5) is 0 Å². The Morgan fingerprint density at radius 1 is 0.222 bits per heavy atom. The van der Waals surface area contributed by atoms with E-state index < -0.39 is 0 Å². The molecule has 0 aliphatic heterocycles. The molecule has 2 heteroatoms. The molecule has 0 saturated carbocycles. The Labute approximate surface area is 294 Å². The molecule has 0 rings (SSSR count). The third kappa shape index (κ3) is 42.2. The zero-order chi connectivity index (χ0) is 32.1. The monoisotopic (exact) mass is 656 g/mol. The number of rotatable bonds is 39. The van der Waals surface area contributed by atoms with E-state index in [1.165, 1.54) is 255 Å². The van der Waals surface area contributed by atoms with Crippen molar-refractivity contribution in [2.24, 2.45) is 0 Å². The Morgan fingerprint density at radius 2 is 0.356 bits per heavy atom. The first-order valence-electron chi connectivity index (χ1n) is 21.4. The molecule has 0 saturated heterocycles. The highest BCUT2D eigenvalue weighted by Gasteiger charge is 2.13. The molecule has 0 spiro atoms. The van der Waals surface area contributed by atoms with Gasteiger partial charge in [0.25, 0.3) is 0 Å². The highest BCUT2D eigenvalue weighted by Crippen LogP contribution is 2.17. The lowest BCUT2D eigenvalue weighted by Gasteiger charge is -2.30. The van der Waals surface area contributed by atoms with Crippen molar-refractivity contribution in [2.75, 3.05) is 27.2 Å². The van der Waals surface area contributed by atoms with Gasteiger partial charge in [-0.2, -0.15) is 0 Å². The smallest absolute Gasteiger partial charge is 0.0782 e. The quantitative estimate of drug-likeness (QED) is 0.0456. The van der Waals surface area contributed by atoms with Crippen LogP contribution in [-0.4, -0.2) is 31.7 Å². The third-order valence-electron chi connectivity index (χ3n) is 10.5. The highest BCUT2D eigenvalue weighted by atomic mass is 35.5. The first-order chi connectivity index (χ1) is 21.6. The molecule has 0 aromatic carbocycles. The van der Waals surface area contributed by atoms with E-state index in [-0.39, 0.29) is 12.4 Å². The van der Waals surface area contributed by atoms with Crippen LogP contribution in [-0.2, 0) is 0 Å². The van der Waals surface area contributed by atoms with Crippen molar-refractivity contribution in [3.05, 3.63) is 0 Å². The van der Waals surface area contributed by atoms with E-state index in [9.17, 15) is 0 Å². The molecule has 0 fully saturated rings.